The highest BCUT2D eigenvalue weighted by Gasteiger charge is 2.16. The third-order valence-corrected chi connectivity index (χ3v) is 2.94. The summed E-state index contributed by atoms with van der Waals surface area (Å²) in [7, 11) is 0. The van der Waals surface area contributed by atoms with Gasteiger partial charge in [-0.25, -0.2) is 4.79 Å². The number of rotatable bonds is 3. The van der Waals surface area contributed by atoms with E-state index >= 15 is 0 Å². The van der Waals surface area contributed by atoms with Crippen molar-refractivity contribution in [1.29, 1.82) is 0 Å². The van der Waals surface area contributed by atoms with Crippen LogP contribution in [0.3, 0.4) is 0 Å². The maximum atomic E-state index is 11.8. The monoisotopic (exact) mass is 268 g/mol. The molecule has 1 saturated heterocycles. The molecule has 4 N–H and O–H groups in total. The zero-order chi connectivity index (χ0) is 13.8. The Morgan fingerprint density at radius 1 is 1.47 bits per heavy atom. The predicted molar refractivity (Wildman–Crippen MR) is 67.7 cm³/mol. The minimum Gasteiger partial charge on any atom is -0.393 e. The lowest BCUT2D eigenvalue weighted by Gasteiger charge is -2.23. The van der Waals surface area contributed by atoms with Gasteiger partial charge in [0.1, 0.15) is 12.2 Å². The zero-order valence-corrected chi connectivity index (χ0v) is 10.3. The summed E-state index contributed by atoms with van der Waals surface area (Å²) in [5, 5.41) is 2.82. The number of nitrogens with zero attached hydrogens (tertiary/aromatic N) is 1. The lowest BCUT2D eigenvalue weighted by atomic mass is 10.1. The molecule has 0 spiro atoms. The summed E-state index contributed by atoms with van der Waals surface area (Å²) >= 11 is 0. The highest BCUT2D eigenvalue weighted by Crippen LogP contribution is 2.05. The second-order valence-electron chi connectivity index (χ2n) is 4.43. The van der Waals surface area contributed by atoms with Gasteiger partial charge in [0.25, 0.3) is 5.56 Å². The Morgan fingerprint density at radius 2 is 2.16 bits per heavy atom. The lowest BCUT2D eigenvalue weighted by molar-refractivity contribution is -0.123. The molecule has 0 atom stereocenters. The number of nitrogen functional groups attached to an aromatic ring is 1. The molecule has 0 bridgehead atoms. The number of nitrogens with two attached hydrogens (primary N) is 1. The van der Waals surface area contributed by atoms with E-state index in [-0.39, 0.29) is 24.2 Å². The van der Waals surface area contributed by atoms with Gasteiger partial charge >= 0.3 is 5.69 Å². The van der Waals surface area contributed by atoms with Gasteiger partial charge in [-0.05, 0) is 12.8 Å². The average Bonchev–Trinajstić information content (AvgIpc) is 2.37. The number of aromatic amines is 1. The van der Waals surface area contributed by atoms with Gasteiger partial charge in [-0.2, -0.15) is 0 Å². The molecule has 1 aliphatic rings. The predicted octanol–water partition coefficient (Wildman–Crippen LogP) is -1.59. The standard InChI is InChI=1S/C11H16N4O4/c12-8-5-15(11(18)14-10(8)17)6-9(16)13-7-1-3-19-4-2-7/h5,7H,1-4,6,12H2,(H,13,16)(H,14,17,18). The summed E-state index contributed by atoms with van der Waals surface area (Å²) in [5.74, 6) is -0.291. The van der Waals surface area contributed by atoms with Crippen LogP contribution in [0.4, 0.5) is 5.69 Å². The first-order chi connectivity index (χ1) is 9.06. The van der Waals surface area contributed by atoms with Crippen molar-refractivity contribution in [2.45, 2.75) is 25.4 Å². The molecule has 2 rings (SSSR count). The minimum absolute atomic E-state index is 0.0667. The van der Waals surface area contributed by atoms with Gasteiger partial charge in [-0.15, -0.1) is 0 Å². The van der Waals surface area contributed by atoms with E-state index in [1.54, 1.807) is 0 Å². The summed E-state index contributed by atoms with van der Waals surface area (Å²) in [4.78, 5) is 36.4. The van der Waals surface area contributed by atoms with Gasteiger partial charge in [0.2, 0.25) is 5.91 Å². The van der Waals surface area contributed by atoms with E-state index in [2.05, 4.69) is 5.32 Å². The zero-order valence-electron chi connectivity index (χ0n) is 10.3. The fourth-order valence-electron chi connectivity index (χ4n) is 1.91. The number of aromatic nitrogens is 2. The van der Waals surface area contributed by atoms with Crippen molar-refractivity contribution in [2.24, 2.45) is 0 Å². The molecule has 2 heterocycles. The summed E-state index contributed by atoms with van der Waals surface area (Å²) < 4.78 is 6.26. The number of carbonyl (C=O) groups excluding carboxylic acids is 1. The van der Waals surface area contributed by atoms with E-state index in [1.165, 1.54) is 6.20 Å². The van der Waals surface area contributed by atoms with Crippen LogP contribution >= 0.6 is 0 Å². The molecule has 0 saturated carbocycles. The number of ether oxygens (including phenoxy) is 1. The molecule has 0 aromatic carbocycles. The molecular weight excluding hydrogens is 252 g/mol. The Morgan fingerprint density at radius 3 is 2.84 bits per heavy atom. The van der Waals surface area contributed by atoms with Crippen LogP contribution in [0, 0.1) is 0 Å². The summed E-state index contributed by atoms with van der Waals surface area (Å²) in [6.07, 6.45) is 2.69. The van der Waals surface area contributed by atoms with E-state index in [9.17, 15) is 14.4 Å². The smallest absolute Gasteiger partial charge is 0.328 e. The van der Waals surface area contributed by atoms with E-state index in [0.717, 1.165) is 17.4 Å². The van der Waals surface area contributed by atoms with Gasteiger partial charge in [-0.1, -0.05) is 0 Å². The van der Waals surface area contributed by atoms with Crippen molar-refractivity contribution in [3.63, 3.8) is 0 Å². The first kappa shape index (κ1) is 13.3. The first-order valence-electron chi connectivity index (χ1n) is 6.02. The lowest BCUT2D eigenvalue weighted by Crippen LogP contribution is -2.42. The minimum atomic E-state index is -0.652. The molecule has 0 aliphatic carbocycles. The van der Waals surface area contributed by atoms with Crippen LogP contribution in [0.5, 0.6) is 0 Å². The molecule has 1 aromatic rings. The fourth-order valence-corrected chi connectivity index (χ4v) is 1.91. The molecule has 1 fully saturated rings. The van der Waals surface area contributed by atoms with Crippen LogP contribution in [0.25, 0.3) is 0 Å². The highest BCUT2D eigenvalue weighted by molar-refractivity contribution is 5.76. The molecule has 8 nitrogen and oxygen atoms in total. The Balaban J connectivity index is 2.00. The molecule has 19 heavy (non-hydrogen) atoms. The van der Waals surface area contributed by atoms with Gasteiger partial charge in [0, 0.05) is 25.5 Å². The van der Waals surface area contributed by atoms with Crippen LogP contribution in [-0.2, 0) is 16.1 Å². The quantitative estimate of drug-likeness (QED) is 0.611. The van der Waals surface area contributed by atoms with Crippen LogP contribution in [0.15, 0.2) is 15.8 Å². The largest absolute Gasteiger partial charge is 0.393 e. The van der Waals surface area contributed by atoms with Crippen molar-refractivity contribution in [1.82, 2.24) is 14.9 Å². The van der Waals surface area contributed by atoms with E-state index in [1.807, 2.05) is 4.98 Å². The summed E-state index contributed by atoms with van der Waals surface area (Å²) in [6.45, 7) is 1.07. The summed E-state index contributed by atoms with van der Waals surface area (Å²) in [5.41, 5.74) is 4.00. The van der Waals surface area contributed by atoms with Crippen molar-refractivity contribution in [3.05, 3.63) is 27.0 Å². The number of carbonyl (C=O) groups is 1. The number of hydrogen-bond donors (Lipinski definition) is 3. The van der Waals surface area contributed by atoms with Crippen molar-refractivity contribution >= 4 is 11.6 Å². The molecule has 104 valence electrons. The maximum absolute atomic E-state index is 11.8. The second-order valence-corrected chi connectivity index (χ2v) is 4.43. The van der Waals surface area contributed by atoms with E-state index < -0.39 is 11.2 Å². The SMILES string of the molecule is Nc1cn(CC(=O)NC2CCOCC2)c(=O)[nH]c1=O. The molecule has 1 amide bonds. The van der Waals surface area contributed by atoms with Gasteiger partial charge < -0.3 is 15.8 Å². The Hall–Kier alpha value is -2.09. The topological polar surface area (TPSA) is 119 Å². The molecule has 8 heteroatoms. The van der Waals surface area contributed by atoms with Crippen LogP contribution in [0.2, 0.25) is 0 Å². The number of nitrogens with one attached hydrogen (secondary N) is 2. The normalized spacial score (nSPS) is 16.2. The second kappa shape index (κ2) is 5.70. The fraction of sp³-hybridized carbons (Fsp3) is 0.545. The Kier molecular flexibility index (Phi) is 4.00. The number of amides is 1. The van der Waals surface area contributed by atoms with Crippen LogP contribution in [-0.4, -0.2) is 34.7 Å². The van der Waals surface area contributed by atoms with Gasteiger partial charge in [-0.3, -0.25) is 19.1 Å². The first-order valence-corrected chi connectivity index (χ1v) is 6.02. The number of H-pyrrole nitrogens is 1. The van der Waals surface area contributed by atoms with E-state index in [4.69, 9.17) is 10.5 Å². The summed E-state index contributed by atoms with van der Waals surface area (Å²) in [6, 6.07) is 0.0667. The van der Waals surface area contributed by atoms with Crippen LogP contribution in [0.1, 0.15) is 12.8 Å². The van der Waals surface area contributed by atoms with E-state index in [0.29, 0.717) is 13.2 Å². The van der Waals surface area contributed by atoms with Gasteiger partial charge in [0.05, 0.1) is 0 Å². The molecule has 0 unspecified atom stereocenters. The number of anilines is 1. The highest BCUT2D eigenvalue weighted by atomic mass is 16.5. The molecule has 0 radical (unpaired) electrons. The molecule has 1 aliphatic heterocycles. The maximum Gasteiger partial charge on any atom is 0.328 e. The van der Waals surface area contributed by atoms with Crippen molar-refractivity contribution in [3.8, 4) is 0 Å². The third kappa shape index (κ3) is 3.44. The average molecular weight is 268 g/mol. The third-order valence-electron chi connectivity index (χ3n) is 2.94. The Bertz CT molecular complexity index is 571. The Labute approximate surface area is 108 Å². The number of hydrogen-bond acceptors (Lipinski definition) is 5. The molecule has 1 aromatic heterocycles. The van der Waals surface area contributed by atoms with Crippen molar-refractivity contribution < 1.29 is 9.53 Å². The van der Waals surface area contributed by atoms with Gasteiger partial charge in [0.15, 0.2) is 0 Å². The molecular formula is C11H16N4O4. The van der Waals surface area contributed by atoms with Crippen LogP contribution < -0.4 is 22.3 Å². The van der Waals surface area contributed by atoms with Crippen molar-refractivity contribution in [2.75, 3.05) is 18.9 Å².